The summed E-state index contributed by atoms with van der Waals surface area (Å²) >= 11 is 0. The van der Waals surface area contributed by atoms with Gasteiger partial charge in [0.15, 0.2) is 9.84 Å². The number of esters is 1. The van der Waals surface area contributed by atoms with Gasteiger partial charge in [-0.15, -0.1) is 0 Å². The van der Waals surface area contributed by atoms with Gasteiger partial charge in [0.2, 0.25) is 0 Å². The van der Waals surface area contributed by atoms with Crippen molar-refractivity contribution in [3.05, 3.63) is 29.8 Å². The van der Waals surface area contributed by atoms with Crippen LogP contribution in [-0.4, -0.2) is 32.5 Å². The highest BCUT2D eigenvalue weighted by Crippen LogP contribution is 2.13. The smallest absolute Gasteiger partial charge is 0.306 e. The molecule has 0 spiro atoms. The molecule has 1 aromatic rings. The van der Waals surface area contributed by atoms with Crippen LogP contribution in [0.25, 0.3) is 0 Å². The molecule has 0 unspecified atom stereocenters. The van der Waals surface area contributed by atoms with Crippen molar-refractivity contribution in [2.24, 2.45) is 0 Å². The Kier molecular flexibility index (Phi) is 5.88. The summed E-state index contributed by atoms with van der Waals surface area (Å²) in [6.07, 6.45) is -0.208. The number of carbonyl (C=O) groups excluding carboxylic acids is 2. The van der Waals surface area contributed by atoms with Crippen LogP contribution in [-0.2, 0) is 24.2 Å². The summed E-state index contributed by atoms with van der Waals surface area (Å²) in [6.45, 7) is 3.69. The number of carbonyl (C=O) groups is 2. The van der Waals surface area contributed by atoms with Gasteiger partial charge in [0.25, 0.3) is 0 Å². The molecule has 0 saturated heterocycles. The maximum absolute atomic E-state index is 12.0. The summed E-state index contributed by atoms with van der Waals surface area (Å²) in [4.78, 5) is 22.9. The Balaban J connectivity index is 2.63. The van der Waals surface area contributed by atoms with E-state index in [2.05, 4.69) is 4.74 Å². The Hall–Kier alpha value is -1.69. The number of ketones is 1. The number of rotatable bonds is 7. The second-order valence-corrected chi connectivity index (χ2v) is 6.41. The molecule has 0 aliphatic carbocycles. The highest BCUT2D eigenvalue weighted by Gasteiger charge is 2.20. The predicted octanol–water partition coefficient (Wildman–Crippen LogP) is 1.68. The molecule has 5 nitrogen and oxygen atoms in total. The SMILES string of the molecule is CCOC(=O)CCC(=O)CS(=O)(=O)c1cccc(C)c1. The van der Waals surface area contributed by atoms with Crippen molar-refractivity contribution in [2.75, 3.05) is 12.4 Å². The Morgan fingerprint density at radius 3 is 2.50 bits per heavy atom. The largest absolute Gasteiger partial charge is 0.466 e. The number of aryl methyl sites for hydroxylation is 1. The molecule has 0 saturated carbocycles. The standard InChI is InChI=1S/C14H18O5S/c1-3-19-14(16)8-7-12(15)10-20(17,18)13-6-4-5-11(2)9-13/h4-6,9H,3,7-8,10H2,1-2H3. The first-order valence-electron chi connectivity index (χ1n) is 6.32. The van der Waals surface area contributed by atoms with Crippen LogP contribution in [0.1, 0.15) is 25.3 Å². The molecule has 1 rings (SSSR count). The van der Waals surface area contributed by atoms with Gasteiger partial charge >= 0.3 is 5.97 Å². The van der Waals surface area contributed by atoms with Crippen LogP contribution in [0, 0.1) is 6.92 Å². The first kappa shape index (κ1) is 16.4. The zero-order chi connectivity index (χ0) is 15.2. The Bertz CT molecular complexity index is 589. The lowest BCUT2D eigenvalue weighted by atomic mass is 10.2. The van der Waals surface area contributed by atoms with Gasteiger partial charge in [-0.2, -0.15) is 0 Å². The fraction of sp³-hybridized carbons (Fsp3) is 0.429. The molecule has 6 heteroatoms. The molecular weight excluding hydrogens is 280 g/mol. The van der Waals surface area contributed by atoms with Crippen molar-refractivity contribution in [1.82, 2.24) is 0 Å². The first-order valence-corrected chi connectivity index (χ1v) is 7.97. The molecule has 0 radical (unpaired) electrons. The molecule has 0 heterocycles. The molecule has 20 heavy (non-hydrogen) atoms. The molecule has 110 valence electrons. The van der Waals surface area contributed by atoms with E-state index >= 15 is 0 Å². The van der Waals surface area contributed by atoms with Crippen LogP contribution in [0.5, 0.6) is 0 Å². The van der Waals surface area contributed by atoms with Crippen LogP contribution in [0.2, 0.25) is 0 Å². The van der Waals surface area contributed by atoms with Crippen molar-refractivity contribution < 1.29 is 22.7 Å². The van der Waals surface area contributed by atoms with Crippen molar-refractivity contribution >= 4 is 21.6 Å². The van der Waals surface area contributed by atoms with Crippen LogP contribution in [0.15, 0.2) is 29.2 Å². The zero-order valence-corrected chi connectivity index (χ0v) is 12.4. The number of ether oxygens (including phenoxy) is 1. The van der Waals surface area contributed by atoms with E-state index in [1.54, 1.807) is 26.0 Å². The topological polar surface area (TPSA) is 77.5 Å². The Labute approximate surface area is 118 Å². The third kappa shape index (κ3) is 5.13. The number of hydrogen-bond donors (Lipinski definition) is 0. The molecular formula is C14H18O5S. The highest BCUT2D eigenvalue weighted by atomic mass is 32.2. The van der Waals surface area contributed by atoms with Crippen molar-refractivity contribution in [3.63, 3.8) is 0 Å². The minimum atomic E-state index is -3.64. The van der Waals surface area contributed by atoms with E-state index < -0.39 is 27.3 Å². The monoisotopic (exact) mass is 298 g/mol. The summed E-state index contributed by atoms with van der Waals surface area (Å²) < 4.78 is 28.7. The fourth-order valence-corrected chi connectivity index (χ4v) is 3.04. The van der Waals surface area contributed by atoms with Crippen molar-refractivity contribution in [1.29, 1.82) is 0 Å². The molecule has 0 bridgehead atoms. The summed E-state index contributed by atoms with van der Waals surface area (Å²) in [5, 5.41) is 0. The highest BCUT2D eigenvalue weighted by molar-refractivity contribution is 7.92. The molecule has 0 fully saturated rings. The molecule has 0 aliphatic rings. The second kappa shape index (κ2) is 7.19. The molecule has 0 amide bonds. The van der Waals surface area contributed by atoms with Gasteiger partial charge < -0.3 is 4.74 Å². The Morgan fingerprint density at radius 1 is 1.20 bits per heavy atom. The minimum absolute atomic E-state index is 0.0873. The van der Waals surface area contributed by atoms with E-state index in [0.29, 0.717) is 0 Å². The predicted molar refractivity (Wildman–Crippen MR) is 74.1 cm³/mol. The number of Topliss-reactive ketones (excluding diaryl/α,β-unsaturated/α-hetero) is 1. The van der Waals surface area contributed by atoms with Gasteiger partial charge in [0, 0.05) is 6.42 Å². The van der Waals surface area contributed by atoms with Crippen LogP contribution >= 0.6 is 0 Å². The average molecular weight is 298 g/mol. The molecule has 0 aliphatic heterocycles. The number of benzene rings is 1. The third-order valence-corrected chi connectivity index (χ3v) is 4.29. The van der Waals surface area contributed by atoms with Gasteiger partial charge in [0.1, 0.15) is 11.5 Å². The third-order valence-electron chi connectivity index (χ3n) is 2.61. The summed E-state index contributed by atoms with van der Waals surface area (Å²) in [5.74, 6) is -1.57. The average Bonchev–Trinajstić information content (AvgIpc) is 2.36. The quantitative estimate of drug-likeness (QED) is 0.716. The van der Waals surface area contributed by atoms with Gasteiger partial charge in [-0.3, -0.25) is 9.59 Å². The summed E-state index contributed by atoms with van der Waals surface area (Å²) in [7, 11) is -3.64. The van der Waals surface area contributed by atoms with E-state index in [4.69, 9.17) is 0 Å². The fourth-order valence-electron chi connectivity index (χ4n) is 1.65. The van der Waals surface area contributed by atoms with Crippen molar-refractivity contribution in [3.8, 4) is 0 Å². The maximum Gasteiger partial charge on any atom is 0.306 e. The maximum atomic E-state index is 12.0. The number of hydrogen-bond acceptors (Lipinski definition) is 5. The van der Waals surface area contributed by atoms with Gasteiger partial charge in [0.05, 0.1) is 17.9 Å². The van der Waals surface area contributed by atoms with E-state index in [1.165, 1.54) is 12.1 Å². The summed E-state index contributed by atoms with van der Waals surface area (Å²) in [5.41, 5.74) is 0.810. The van der Waals surface area contributed by atoms with E-state index in [-0.39, 0.29) is 24.3 Å². The molecule has 0 aromatic heterocycles. The summed E-state index contributed by atoms with van der Waals surface area (Å²) in [6, 6.07) is 6.39. The lowest BCUT2D eigenvalue weighted by Crippen LogP contribution is -2.17. The van der Waals surface area contributed by atoms with E-state index in [0.717, 1.165) is 5.56 Å². The van der Waals surface area contributed by atoms with Gasteiger partial charge in [-0.25, -0.2) is 8.42 Å². The normalized spacial score (nSPS) is 11.1. The lowest BCUT2D eigenvalue weighted by molar-refractivity contribution is -0.144. The lowest BCUT2D eigenvalue weighted by Gasteiger charge is -2.05. The van der Waals surface area contributed by atoms with Crippen molar-refractivity contribution in [2.45, 2.75) is 31.6 Å². The molecule has 1 aromatic carbocycles. The number of sulfone groups is 1. The van der Waals surface area contributed by atoms with Crippen LogP contribution in [0.4, 0.5) is 0 Å². The van der Waals surface area contributed by atoms with Crippen LogP contribution < -0.4 is 0 Å². The van der Waals surface area contributed by atoms with Gasteiger partial charge in [-0.1, -0.05) is 12.1 Å². The van der Waals surface area contributed by atoms with E-state index in [9.17, 15) is 18.0 Å². The minimum Gasteiger partial charge on any atom is -0.466 e. The Morgan fingerprint density at radius 2 is 1.90 bits per heavy atom. The first-order chi connectivity index (χ1) is 9.35. The molecule has 0 N–H and O–H groups in total. The second-order valence-electron chi connectivity index (χ2n) is 4.42. The van der Waals surface area contributed by atoms with Crippen LogP contribution in [0.3, 0.4) is 0 Å². The van der Waals surface area contributed by atoms with E-state index in [1.807, 2.05) is 0 Å². The molecule has 0 atom stereocenters. The zero-order valence-electron chi connectivity index (χ0n) is 11.6. The van der Waals surface area contributed by atoms with Gasteiger partial charge in [-0.05, 0) is 31.5 Å².